The lowest BCUT2D eigenvalue weighted by molar-refractivity contribution is 0.0764. The molecule has 0 saturated carbocycles. The molecule has 94 valence electrons. The van der Waals surface area contributed by atoms with E-state index < -0.39 is 0 Å². The van der Waals surface area contributed by atoms with Crippen molar-refractivity contribution < 1.29 is 4.74 Å². The molecule has 1 aromatic heterocycles. The molecule has 0 aliphatic carbocycles. The van der Waals surface area contributed by atoms with Gasteiger partial charge in [0.05, 0.1) is 11.8 Å². The average Bonchev–Trinajstić information content (AvgIpc) is 2.90. The highest BCUT2D eigenvalue weighted by Crippen LogP contribution is 2.17. The third kappa shape index (κ3) is 3.31. The van der Waals surface area contributed by atoms with Gasteiger partial charge in [0.2, 0.25) is 0 Å². The molecule has 18 heavy (non-hydrogen) atoms. The molecule has 0 bridgehead atoms. The summed E-state index contributed by atoms with van der Waals surface area (Å²) < 4.78 is 5.55. The van der Waals surface area contributed by atoms with Crippen LogP contribution in [-0.2, 0) is 4.74 Å². The van der Waals surface area contributed by atoms with Crippen LogP contribution in [0, 0.1) is 0 Å². The molecule has 2 aromatic rings. The van der Waals surface area contributed by atoms with E-state index in [2.05, 4.69) is 41.4 Å². The van der Waals surface area contributed by atoms with Crippen molar-refractivity contribution in [1.29, 1.82) is 0 Å². The largest absolute Gasteiger partial charge is 0.374 e. The lowest BCUT2D eigenvalue weighted by atomic mass is 10.1. The highest BCUT2D eigenvalue weighted by atomic mass is 16.5. The second-order valence-electron chi connectivity index (χ2n) is 4.10. The first-order chi connectivity index (χ1) is 8.79. The van der Waals surface area contributed by atoms with E-state index in [0.717, 1.165) is 17.9 Å². The van der Waals surface area contributed by atoms with Gasteiger partial charge in [0.25, 0.3) is 0 Å². The van der Waals surface area contributed by atoms with Crippen molar-refractivity contribution in [3.05, 3.63) is 53.3 Å². The van der Waals surface area contributed by atoms with Crippen LogP contribution in [0.4, 0.5) is 0 Å². The van der Waals surface area contributed by atoms with E-state index in [1.54, 1.807) is 0 Å². The molecule has 0 aliphatic heterocycles. The Bertz CT molecular complexity index is 486. The molecule has 3 heteroatoms. The van der Waals surface area contributed by atoms with E-state index in [9.17, 15) is 0 Å². The third-order valence-corrected chi connectivity index (χ3v) is 2.79. The number of ether oxygens (including phenoxy) is 1. The van der Waals surface area contributed by atoms with E-state index in [1.165, 1.54) is 5.56 Å². The van der Waals surface area contributed by atoms with Crippen molar-refractivity contribution in [3.63, 3.8) is 0 Å². The Balaban J connectivity index is 2.03. The molecule has 1 N–H and O–H groups in total. The summed E-state index contributed by atoms with van der Waals surface area (Å²) in [6.07, 6.45) is 5.99. The minimum Gasteiger partial charge on any atom is -0.374 e. The Kier molecular flexibility index (Phi) is 4.31. The Morgan fingerprint density at radius 2 is 2.00 bits per heavy atom. The van der Waals surface area contributed by atoms with Crippen LogP contribution in [0.5, 0.6) is 0 Å². The van der Waals surface area contributed by atoms with Gasteiger partial charge in [0.1, 0.15) is 0 Å². The number of H-pyrrole nitrogens is 1. The highest BCUT2D eigenvalue weighted by Gasteiger charge is 2.03. The van der Waals surface area contributed by atoms with Gasteiger partial charge < -0.3 is 4.74 Å². The molecule has 3 nitrogen and oxygen atoms in total. The minimum atomic E-state index is 0.152. The van der Waals surface area contributed by atoms with Crippen LogP contribution in [-0.4, -0.2) is 16.8 Å². The van der Waals surface area contributed by atoms with Gasteiger partial charge in [-0.1, -0.05) is 30.3 Å². The second-order valence-corrected chi connectivity index (χ2v) is 4.10. The molecule has 0 radical (unpaired) electrons. The fraction of sp³-hybridized carbons (Fsp3) is 0.267. The molecule has 2 rings (SSSR count). The van der Waals surface area contributed by atoms with E-state index >= 15 is 0 Å². The zero-order valence-corrected chi connectivity index (χ0v) is 10.8. The molecular formula is C15H18N2O. The summed E-state index contributed by atoms with van der Waals surface area (Å²) in [5, 5.41) is 6.86. The third-order valence-electron chi connectivity index (χ3n) is 2.79. The topological polar surface area (TPSA) is 37.9 Å². The number of rotatable bonds is 5. The molecule has 0 fully saturated rings. The summed E-state index contributed by atoms with van der Waals surface area (Å²) >= 11 is 0. The molecule has 1 aromatic carbocycles. The number of aromatic nitrogens is 2. The van der Waals surface area contributed by atoms with Gasteiger partial charge in [-0.05, 0) is 37.1 Å². The van der Waals surface area contributed by atoms with Crippen LogP contribution in [0.25, 0.3) is 12.2 Å². The smallest absolute Gasteiger partial charge is 0.0848 e. The molecule has 1 unspecified atom stereocenters. The van der Waals surface area contributed by atoms with Crippen molar-refractivity contribution in [2.24, 2.45) is 0 Å². The predicted molar refractivity (Wildman–Crippen MR) is 74.0 cm³/mol. The monoisotopic (exact) mass is 242 g/mol. The SMILES string of the molecule is CCOC(C)c1ccc(/C=C/c2cc[nH]n2)cc1. The van der Waals surface area contributed by atoms with Crippen LogP contribution >= 0.6 is 0 Å². The zero-order chi connectivity index (χ0) is 12.8. The molecular weight excluding hydrogens is 224 g/mol. The van der Waals surface area contributed by atoms with Crippen LogP contribution in [0.3, 0.4) is 0 Å². The van der Waals surface area contributed by atoms with Crippen LogP contribution in [0.2, 0.25) is 0 Å². The Labute approximate surface area is 107 Å². The zero-order valence-electron chi connectivity index (χ0n) is 10.8. The van der Waals surface area contributed by atoms with Gasteiger partial charge in [-0.25, -0.2) is 0 Å². The number of aromatic amines is 1. The number of hydrogen-bond acceptors (Lipinski definition) is 2. The van der Waals surface area contributed by atoms with Crippen molar-refractivity contribution in [1.82, 2.24) is 10.2 Å². The average molecular weight is 242 g/mol. The number of nitrogens with one attached hydrogen (secondary N) is 1. The Morgan fingerprint density at radius 1 is 1.22 bits per heavy atom. The van der Waals surface area contributed by atoms with Crippen molar-refractivity contribution >= 4 is 12.2 Å². The van der Waals surface area contributed by atoms with Gasteiger partial charge in [0.15, 0.2) is 0 Å². The quantitative estimate of drug-likeness (QED) is 0.868. The number of benzene rings is 1. The molecule has 0 spiro atoms. The van der Waals surface area contributed by atoms with E-state index in [1.807, 2.05) is 31.3 Å². The van der Waals surface area contributed by atoms with Crippen molar-refractivity contribution in [2.45, 2.75) is 20.0 Å². The first-order valence-electron chi connectivity index (χ1n) is 6.19. The van der Waals surface area contributed by atoms with Gasteiger partial charge >= 0.3 is 0 Å². The molecule has 0 amide bonds. The number of hydrogen-bond donors (Lipinski definition) is 1. The van der Waals surface area contributed by atoms with Gasteiger partial charge in [0, 0.05) is 12.8 Å². The first kappa shape index (κ1) is 12.6. The molecule has 1 heterocycles. The maximum atomic E-state index is 5.55. The Morgan fingerprint density at radius 3 is 2.61 bits per heavy atom. The molecule has 1 atom stereocenters. The lowest BCUT2D eigenvalue weighted by Crippen LogP contribution is -1.98. The normalized spacial score (nSPS) is 13.0. The molecule has 0 aliphatic rings. The summed E-state index contributed by atoms with van der Waals surface area (Å²) in [5.41, 5.74) is 3.29. The lowest BCUT2D eigenvalue weighted by Gasteiger charge is -2.11. The van der Waals surface area contributed by atoms with Gasteiger partial charge in [-0.15, -0.1) is 0 Å². The van der Waals surface area contributed by atoms with Gasteiger partial charge in [-0.3, -0.25) is 5.10 Å². The fourth-order valence-corrected chi connectivity index (χ4v) is 1.77. The van der Waals surface area contributed by atoms with Gasteiger partial charge in [-0.2, -0.15) is 5.10 Å². The fourth-order valence-electron chi connectivity index (χ4n) is 1.77. The summed E-state index contributed by atoms with van der Waals surface area (Å²) in [7, 11) is 0. The Hall–Kier alpha value is -1.87. The first-order valence-corrected chi connectivity index (χ1v) is 6.19. The summed E-state index contributed by atoms with van der Waals surface area (Å²) in [6.45, 7) is 4.82. The van der Waals surface area contributed by atoms with E-state index in [4.69, 9.17) is 4.74 Å². The highest BCUT2D eigenvalue weighted by molar-refractivity contribution is 5.67. The second kappa shape index (κ2) is 6.17. The minimum absolute atomic E-state index is 0.152. The predicted octanol–water partition coefficient (Wildman–Crippen LogP) is 3.68. The summed E-state index contributed by atoms with van der Waals surface area (Å²) in [6, 6.07) is 10.3. The molecule has 0 saturated heterocycles. The maximum absolute atomic E-state index is 5.55. The maximum Gasteiger partial charge on any atom is 0.0848 e. The van der Waals surface area contributed by atoms with Crippen molar-refractivity contribution in [3.8, 4) is 0 Å². The van der Waals surface area contributed by atoms with E-state index in [0.29, 0.717) is 0 Å². The summed E-state index contributed by atoms with van der Waals surface area (Å²) in [4.78, 5) is 0. The van der Waals surface area contributed by atoms with Crippen LogP contribution in [0.15, 0.2) is 36.5 Å². The van der Waals surface area contributed by atoms with E-state index in [-0.39, 0.29) is 6.10 Å². The van der Waals surface area contributed by atoms with Crippen molar-refractivity contribution in [2.75, 3.05) is 6.61 Å². The number of nitrogens with zero attached hydrogens (tertiary/aromatic N) is 1. The summed E-state index contributed by atoms with van der Waals surface area (Å²) in [5.74, 6) is 0. The van der Waals surface area contributed by atoms with Crippen LogP contribution in [0.1, 0.15) is 36.8 Å². The standard InChI is InChI=1S/C15H18N2O/c1-3-18-12(2)14-7-4-13(5-8-14)6-9-15-10-11-16-17-15/h4-12H,3H2,1-2H3,(H,16,17)/b9-6+. The van der Waals surface area contributed by atoms with Crippen LogP contribution < -0.4 is 0 Å².